The minimum absolute atomic E-state index is 0.0375. The summed E-state index contributed by atoms with van der Waals surface area (Å²) >= 11 is 0. The van der Waals surface area contributed by atoms with Gasteiger partial charge in [-0.15, -0.1) is 5.11 Å². The van der Waals surface area contributed by atoms with Crippen LogP contribution in [0.2, 0.25) is 0 Å². The van der Waals surface area contributed by atoms with Crippen LogP contribution in [0.1, 0.15) is 6.92 Å². The Balaban J connectivity index is 2.35. The molecule has 21 heavy (non-hydrogen) atoms. The van der Waals surface area contributed by atoms with Gasteiger partial charge in [0.1, 0.15) is 5.75 Å². The molecular weight excluding hydrogens is 274 g/mol. The molecule has 1 heterocycles. The van der Waals surface area contributed by atoms with Gasteiger partial charge in [-0.25, -0.2) is 0 Å². The molecule has 2 aromatic rings. The Kier molecular flexibility index (Phi) is 4.17. The molecular formula is C13H15N5O3. The summed E-state index contributed by atoms with van der Waals surface area (Å²) < 4.78 is 6.29. The Bertz CT molecular complexity index is 745. The molecule has 0 aliphatic rings. The van der Waals surface area contributed by atoms with Gasteiger partial charge >= 0.3 is 0 Å². The molecule has 110 valence electrons. The van der Waals surface area contributed by atoms with E-state index in [1.807, 2.05) is 0 Å². The number of ether oxygens (including phenoxy) is 1. The number of nitrogens with zero attached hydrogens (tertiary/aromatic N) is 3. The van der Waals surface area contributed by atoms with Gasteiger partial charge < -0.3 is 10.1 Å². The first-order valence-corrected chi connectivity index (χ1v) is 6.13. The maximum Gasteiger partial charge on any atom is 0.296 e. The van der Waals surface area contributed by atoms with Crippen molar-refractivity contribution in [2.24, 2.45) is 17.3 Å². The molecule has 0 atom stereocenters. The minimum Gasteiger partial charge on any atom is -0.497 e. The third kappa shape index (κ3) is 3.35. The Labute approximate surface area is 120 Å². The summed E-state index contributed by atoms with van der Waals surface area (Å²) in [6, 6.07) is 6.94. The first-order chi connectivity index (χ1) is 10.0. The van der Waals surface area contributed by atoms with Crippen molar-refractivity contribution >= 4 is 23.1 Å². The van der Waals surface area contributed by atoms with Gasteiger partial charge in [0.2, 0.25) is 5.91 Å². The number of hydrogen-bond donors (Lipinski definition) is 2. The fourth-order valence-corrected chi connectivity index (χ4v) is 1.67. The van der Waals surface area contributed by atoms with Crippen LogP contribution in [-0.4, -0.2) is 22.8 Å². The van der Waals surface area contributed by atoms with Crippen molar-refractivity contribution in [1.29, 1.82) is 0 Å². The van der Waals surface area contributed by atoms with E-state index in [0.717, 1.165) is 0 Å². The molecule has 0 spiro atoms. The number of anilines is 1. The molecule has 8 heteroatoms. The lowest BCUT2D eigenvalue weighted by molar-refractivity contribution is -0.114. The highest BCUT2D eigenvalue weighted by Gasteiger charge is 2.13. The van der Waals surface area contributed by atoms with E-state index in [4.69, 9.17) is 4.74 Å². The Morgan fingerprint density at radius 1 is 1.38 bits per heavy atom. The quantitative estimate of drug-likeness (QED) is 0.842. The van der Waals surface area contributed by atoms with E-state index in [-0.39, 0.29) is 23.0 Å². The molecule has 1 aromatic carbocycles. The maximum atomic E-state index is 11.9. The molecule has 0 fully saturated rings. The van der Waals surface area contributed by atoms with E-state index in [1.165, 1.54) is 18.7 Å². The molecule has 2 rings (SSSR count). The lowest BCUT2D eigenvalue weighted by Crippen LogP contribution is -2.10. The van der Waals surface area contributed by atoms with E-state index in [1.54, 1.807) is 31.4 Å². The van der Waals surface area contributed by atoms with Crippen LogP contribution in [0.3, 0.4) is 0 Å². The number of hydrogen-bond acceptors (Lipinski definition) is 5. The van der Waals surface area contributed by atoms with Crippen LogP contribution in [0.25, 0.3) is 0 Å². The van der Waals surface area contributed by atoms with Crippen molar-refractivity contribution < 1.29 is 9.53 Å². The van der Waals surface area contributed by atoms with E-state index in [2.05, 4.69) is 20.6 Å². The van der Waals surface area contributed by atoms with Crippen molar-refractivity contribution in [2.45, 2.75) is 6.92 Å². The highest BCUT2D eigenvalue weighted by molar-refractivity contribution is 5.90. The lowest BCUT2D eigenvalue weighted by atomic mass is 10.3. The second-order valence-corrected chi connectivity index (χ2v) is 4.28. The zero-order valence-corrected chi connectivity index (χ0v) is 11.9. The smallest absolute Gasteiger partial charge is 0.296 e. The highest BCUT2D eigenvalue weighted by atomic mass is 16.5. The van der Waals surface area contributed by atoms with Gasteiger partial charge in [-0.3, -0.25) is 19.4 Å². The predicted octanol–water partition coefficient (Wildman–Crippen LogP) is 2.10. The van der Waals surface area contributed by atoms with E-state index in [9.17, 15) is 9.59 Å². The average Bonchev–Trinajstić information content (AvgIpc) is 2.71. The number of methoxy groups -OCH3 is 1. The zero-order valence-electron chi connectivity index (χ0n) is 11.9. The number of aromatic amines is 1. The summed E-state index contributed by atoms with van der Waals surface area (Å²) in [5.41, 5.74) is 0.187. The van der Waals surface area contributed by atoms with E-state index >= 15 is 0 Å². The van der Waals surface area contributed by atoms with Gasteiger partial charge in [0.15, 0.2) is 11.5 Å². The molecule has 1 amide bonds. The molecule has 2 N–H and O–H groups in total. The Morgan fingerprint density at radius 2 is 2.14 bits per heavy atom. The highest BCUT2D eigenvalue weighted by Crippen LogP contribution is 2.24. The third-order valence-corrected chi connectivity index (χ3v) is 2.64. The first kappa shape index (κ1) is 14.5. The minimum atomic E-state index is -0.384. The van der Waals surface area contributed by atoms with E-state index in [0.29, 0.717) is 11.4 Å². The molecule has 8 nitrogen and oxygen atoms in total. The number of aromatic nitrogens is 2. The van der Waals surface area contributed by atoms with Gasteiger partial charge in [-0.1, -0.05) is 6.07 Å². The maximum absolute atomic E-state index is 11.9. The number of nitrogens with one attached hydrogen (secondary N) is 2. The fraction of sp³-hybridized carbons (Fsp3) is 0.231. The normalized spacial score (nSPS) is 10.8. The van der Waals surface area contributed by atoms with Crippen LogP contribution in [0.5, 0.6) is 5.75 Å². The molecule has 0 bridgehead atoms. The summed E-state index contributed by atoms with van der Waals surface area (Å²) in [5, 5.41) is 13.1. The lowest BCUT2D eigenvalue weighted by Gasteiger charge is -1.99. The second-order valence-electron chi connectivity index (χ2n) is 4.28. The van der Waals surface area contributed by atoms with Crippen molar-refractivity contribution in [3.63, 3.8) is 0 Å². The average molecular weight is 289 g/mol. The summed E-state index contributed by atoms with van der Waals surface area (Å²) in [5.74, 6) is 0.534. The van der Waals surface area contributed by atoms with Crippen LogP contribution >= 0.6 is 0 Å². The van der Waals surface area contributed by atoms with Crippen molar-refractivity contribution in [2.75, 3.05) is 12.4 Å². The fourth-order valence-electron chi connectivity index (χ4n) is 1.67. The number of carbonyl (C=O) groups is 1. The molecule has 0 saturated heterocycles. The number of azo groups is 1. The Morgan fingerprint density at radius 3 is 2.81 bits per heavy atom. The van der Waals surface area contributed by atoms with Crippen LogP contribution < -0.4 is 15.6 Å². The molecule has 0 unspecified atom stereocenters. The van der Waals surface area contributed by atoms with Gasteiger partial charge in [0, 0.05) is 20.0 Å². The number of amides is 1. The number of rotatable bonds is 4. The van der Waals surface area contributed by atoms with Crippen LogP contribution in [0, 0.1) is 0 Å². The van der Waals surface area contributed by atoms with Gasteiger partial charge in [-0.2, -0.15) is 5.11 Å². The largest absolute Gasteiger partial charge is 0.497 e. The summed E-state index contributed by atoms with van der Waals surface area (Å²) in [4.78, 5) is 23.0. The van der Waals surface area contributed by atoms with E-state index < -0.39 is 0 Å². The standard InChI is InChI=1S/C13H15N5O3/c1-8(19)14-12-11(13(20)18(2)17-12)16-15-9-5-4-6-10(7-9)21-3/h4-7,17H,1-3H3,(H,14,19). The number of aryl methyl sites for hydroxylation is 1. The monoisotopic (exact) mass is 289 g/mol. The number of carbonyl (C=O) groups excluding carboxylic acids is 1. The summed E-state index contributed by atoms with van der Waals surface area (Å²) in [6.45, 7) is 1.34. The van der Waals surface area contributed by atoms with Gasteiger partial charge in [0.05, 0.1) is 12.8 Å². The molecule has 0 aliphatic carbocycles. The van der Waals surface area contributed by atoms with Crippen molar-refractivity contribution in [3.8, 4) is 5.75 Å². The summed E-state index contributed by atoms with van der Waals surface area (Å²) in [7, 11) is 3.07. The molecule has 0 saturated carbocycles. The summed E-state index contributed by atoms with van der Waals surface area (Å²) in [6.07, 6.45) is 0. The number of H-pyrrole nitrogens is 1. The number of benzene rings is 1. The molecule has 0 aliphatic heterocycles. The van der Waals surface area contributed by atoms with Crippen LogP contribution in [-0.2, 0) is 11.8 Å². The van der Waals surface area contributed by atoms with Crippen LogP contribution in [0.15, 0.2) is 39.3 Å². The second kappa shape index (κ2) is 6.04. The first-order valence-electron chi connectivity index (χ1n) is 6.13. The van der Waals surface area contributed by atoms with Gasteiger partial charge in [-0.05, 0) is 12.1 Å². The van der Waals surface area contributed by atoms with Crippen molar-refractivity contribution in [1.82, 2.24) is 9.78 Å². The molecule has 0 radical (unpaired) electrons. The van der Waals surface area contributed by atoms with Gasteiger partial charge in [0.25, 0.3) is 5.56 Å². The zero-order chi connectivity index (χ0) is 15.4. The van der Waals surface area contributed by atoms with Crippen molar-refractivity contribution in [3.05, 3.63) is 34.6 Å². The molecule has 1 aromatic heterocycles. The topological polar surface area (TPSA) is 101 Å². The van der Waals surface area contributed by atoms with Crippen LogP contribution in [0.4, 0.5) is 17.2 Å². The third-order valence-electron chi connectivity index (χ3n) is 2.64. The SMILES string of the molecule is COc1cccc(N=Nc2c(NC(C)=O)[nH]n(C)c2=O)c1. The predicted molar refractivity (Wildman–Crippen MR) is 77.5 cm³/mol. The Hall–Kier alpha value is -2.90.